The third kappa shape index (κ3) is 4.08. The standard InChI is InChI=1S/C24H25FN2O3/c1-15(16-5-3-2-4-6-16)11-23(28)26-18-8-10-22-20(13-18)19-12-17(25)7-9-21(19)27(22)14-24(29)30/h2-7,9,12,15,18H,8,10-11,13-14H2,1H3,(H,26,28)(H,29,30)/t15-,18?/m0/s1. The van der Waals surface area contributed by atoms with Crippen molar-refractivity contribution in [3.8, 4) is 0 Å². The fraction of sp³-hybridized carbons (Fsp3) is 0.333. The molecular weight excluding hydrogens is 383 g/mol. The third-order valence-corrected chi connectivity index (χ3v) is 5.95. The van der Waals surface area contributed by atoms with E-state index in [1.54, 1.807) is 10.6 Å². The van der Waals surface area contributed by atoms with Crippen molar-refractivity contribution in [2.24, 2.45) is 0 Å². The number of halogens is 1. The SMILES string of the molecule is C[C@@H](CC(=O)NC1CCc2c(c3cc(F)ccc3n2CC(=O)O)C1)c1ccccc1. The molecule has 0 aliphatic heterocycles. The summed E-state index contributed by atoms with van der Waals surface area (Å²) in [5.41, 5.74) is 3.74. The molecule has 5 nitrogen and oxygen atoms in total. The predicted molar refractivity (Wildman–Crippen MR) is 113 cm³/mol. The molecule has 1 aliphatic rings. The number of hydrogen-bond acceptors (Lipinski definition) is 2. The minimum absolute atomic E-state index is 0.000239. The highest BCUT2D eigenvalue weighted by Gasteiger charge is 2.27. The summed E-state index contributed by atoms with van der Waals surface area (Å²) in [6, 6.07) is 14.4. The van der Waals surface area contributed by atoms with Crippen molar-refractivity contribution < 1.29 is 19.1 Å². The molecule has 0 radical (unpaired) electrons. The molecule has 1 amide bonds. The number of carbonyl (C=O) groups is 2. The van der Waals surface area contributed by atoms with Gasteiger partial charge in [0.2, 0.25) is 5.91 Å². The van der Waals surface area contributed by atoms with E-state index in [-0.39, 0.29) is 30.2 Å². The van der Waals surface area contributed by atoms with Crippen LogP contribution in [-0.4, -0.2) is 27.6 Å². The number of benzene rings is 2. The summed E-state index contributed by atoms with van der Waals surface area (Å²) < 4.78 is 15.7. The van der Waals surface area contributed by atoms with Gasteiger partial charge in [-0.3, -0.25) is 9.59 Å². The molecule has 0 fully saturated rings. The number of rotatable bonds is 6. The predicted octanol–water partition coefficient (Wildman–Crippen LogP) is 4.03. The lowest BCUT2D eigenvalue weighted by atomic mass is 9.90. The Balaban J connectivity index is 1.52. The monoisotopic (exact) mass is 408 g/mol. The van der Waals surface area contributed by atoms with Gasteiger partial charge in [-0.15, -0.1) is 0 Å². The number of carbonyl (C=O) groups excluding carboxylic acids is 1. The number of fused-ring (bicyclic) bond motifs is 3. The van der Waals surface area contributed by atoms with Gasteiger partial charge in [-0.2, -0.15) is 0 Å². The highest BCUT2D eigenvalue weighted by Crippen LogP contribution is 2.33. The summed E-state index contributed by atoms with van der Waals surface area (Å²) in [6.07, 6.45) is 2.37. The fourth-order valence-corrected chi connectivity index (χ4v) is 4.53. The van der Waals surface area contributed by atoms with E-state index in [1.165, 1.54) is 12.1 Å². The maximum absolute atomic E-state index is 13.9. The van der Waals surface area contributed by atoms with Crippen LogP contribution in [0, 0.1) is 5.82 Å². The number of aliphatic carboxylic acids is 1. The fourth-order valence-electron chi connectivity index (χ4n) is 4.53. The molecule has 1 heterocycles. The molecule has 0 saturated heterocycles. The molecule has 2 atom stereocenters. The molecule has 3 aromatic rings. The van der Waals surface area contributed by atoms with Gasteiger partial charge in [0, 0.05) is 29.1 Å². The zero-order chi connectivity index (χ0) is 21.3. The van der Waals surface area contributed by atoms with E-state index in [4.69, 9.17) is 0 Å². The second-order valence-corrected chi connectivity index (χ2v) is 8.09. The molecule has 0 spiro atoms. The number of carboxylic acid groups (broad SMARTS) is 1. The minimum atomic E-state index is -0.927. The molecule has 6 heteroatoms. The van der Waals surface area contributed by atoms with E-state index in [0.29, 0.717) is 19.3 Å². The topological polar surface area (TPSA) is 71.3 Å². The maximum Gasteiger partial charge on any atom is 0.323 e. The first-order valence-corrected chi connectivity index (χ1v) is 10.3. The molecule has 2 aromatic carbocycles. The van der Waals surface area contributed by atoms with Crippen LogP contribution in [0.25, 0.3) is 10.9 Å². The Labute approximate surface area is 174 Å². The summed E-state index contributed by atoms with van der Waals surface area (Å²) in [5, 5.41) is 13.2. The van der Waals surface area contributed by atoms with Crippen LogP contribution in [0.5, 0.6) is 0 Å². The molecule has 0 saturated carbocycles. The van der Waals surface area contributed by atoms with Gasteiger partial charge in [0.25, 0.3) is 0 Å². The van der Waals surface area contributed by atoms with Crippen LogP contribution in [0.1, 0.15) is 42.5 Å². The van der Waals surface area contributed by atoms with E-state index < -0.39 is 5.97 Å². The molecular formula is C24H25FN2O3. The Bertz CT molecular complexity index is 1090. The van der Waals surface area contributed by atoms with E-state index in [9.17, 15) is 19.1 Å². The van der Waals surface area contributed by atoms with Gasteiger partial charge in [-0.1, -0.05) is 37.3 Å². The molecule has 156 valence electrons. The normalized spacial score (nSPS) is 16.8. The van der Waals surface area contributed by atoms with Gasteiger partial charge in [0.1, 0.15) is 12.4 Å². The van der Waals surface area contributed by atoms with Crippen LogP contribution in [0.2, 0.25) is 0 Å². The molecule has 4 rings (SSSR count). The second-order valence-electron chi connectivity index (χ2n) is 8.09. The van der Waals surface area contributed by atoms with E-state index in [1.807, 2.05) is 37.3 Å². The average molecular weight is 408 g/mol. The highest BCUT2D eigenvalue weighted by molar-refractivity contribution is 5.87. The lowest BCUT2D eigenvalue weighted by Gasteiger charge is -2.25. The van der Waals surface area contributed by atoms with Crippen molar-refractivity contribution in [3.63, 3.8) is 0 Å². The zero-order valence-corrected chi connectivity index (χ0v) is 16.9. The van der Waals surface area contributed by atoms with E-state index in [0.717, 1.165) is 34.1 Å². The van der Waals surface area contributed by atoms with Gasteiger partial charge in [0.15, 0.2) is 0 Å². The third-order valence-electron chi connectivity index (χ3n) is 5.95. The Kier molecular flexibility index (Phi) is 5.57. The highest BCUT2D eigenvalue weighted by atomic mass is 19.1. The first-order chi connectivity index (χ1) is 14.4. The van der Waals surface area contributed by atoms with Crippen molar-refractivity contribution in [1.82, 2.24) is 9.88 Å². The summed E-state index contributed by atoms with van der Waals surface area (Å²) in [6.45, 7) is 1.89. The van der Waals surface area contributed by atoms with Gasteiger partial charge in [0.05, 0.1) is 0 Å². The molecule has 1 aliphatic carbocycles. The first-order valence-electron chi connectivity index (χ1n) is 10.3. The van der Waals surface area contributed by atoms with Crippen LogP contribution in [0.3, 0.4) is 0 Å². The number of aromatic nitrogens is 1. The van der Waals surface area contributed by atoms with Crippen molar-refractivity contribution in [3.05, 3.63) is 71.2 Å². The largest absolute Gasteiger partial charge is 0.480 e. The van der Waals surface area contributed by atoms with Crippen molar-refractivity contribution in [2.75, 3.05) is 0 Å². The number of amides is 1. The maximum atomic E-state index is 13.9. The Hall–Kier alpha value is -3.15. The smallest absolute Gasteiger partial charge is 0.323 e. The molecule has 1 aromatic heterocycles. The van der Waals surface area contributed by atoms with Crippen LogP contribution in [0.4, 0.5) is 4.39 Å². The van der Waals surface area contributed by atoms with Crippen LogP contribution < -0.4 is 5.32 Å². The summed E-state index contributed by atoms with van der Waals surface area (Å²) >= 11 is 0. The van der Waals surface area contributed by atoms with Crippen LogP contribution in [0.15, 0.2) is 48.5 Å². The Morgan fingerprint density at radius 3 is 2.73 bits per heavy atom. The zero-order valence-electron chi connectivity index (χ0n) is 16.9. The summed E-state index contributed by atoms with van der Waals surface area (Å²) in [5.74, 6) is -1.15. The van der Waals surface area contributed by atoms with Gasteiger partial charge in [-0.25, -0.2) is 4.39 Å². The minimum Gasteiger partial charge on any atom is -0.480 e. The number of nitrogens with zero attached hydrogens (tertiary/aromatic N) is 1. The first kappa shape index (κ1) is 20.1. The van der Waals surface area contributed by atoms with Gasteiger partial charge >= 0.3 is 5.97 Å². The van der Waals surface area contributed by atoms with Crippen molar-refractivity contribution in [2.45, 2.75) is 51.1 Å². The molecule has 1 unspecified atom stereocenters. The van der Waals surface area contributed by atoms with E-state index >= 15 is 0 Å². The molecule has 30 heavy (non-hydrogen) atoms. The Morgan fingerprint density at radius 1 is 1.23 bits per heavy atom. The van der Waals surface area contributed by atoms with E-state index in [2.05, 4.69) is 5.32 Å². The quantitative estimate of drug-likeness (QED) is 0.647. The lowest BCUT2D eigenvalue weighted by Crippen LogP contribution is -2.39. The number of nitrogens with one attached hydrogen (secondary N) is 1. The van der Waals surface area contributed by atoms with Gasteiger partial charge < -0.3 is 15.0 Å². The molecule has 0 bridgehead atoms. The Morgan fingerprint density at radius 2 is 2.00 bits per heavy atom. The summed E-state index contributed by atoms with van der Waals surface area (Å²) in [4.78, 5) is 24.0. The summed E-state index contributed by atoms with van der Waals surface area (Å²) in [7, 11) is 0. The molecule has 2 N–H and O–H groups in total. The van der Waals surface area contributed by atoms with Crippen LogP contribution >= 0.6 is 0 Å². The number of hydrogen-bond donors (Lipinski definition) is 2. The lowest BCUT2D eigenvalue weighted by molar-refractivity contribution is -0.137. The number of carboxylic acids is 1. The van der Waals surface area contributed by atoms with Gasteiger partial charge in [-0.05, 0) is 54.5 Å². The second kappa shape index (κ2) is 8.30. The average Bonchev–Trinajstić information content (AvgIpc) is 3.00. The van der Waals surface area contributed by atoms with Crippen molar-refractivity contribution in [1.29, 1.82) is 0 Å². The van der Waals surface area contributed by atoms with Crippen LogP contribution in [-0.2, 0) is 29.0 Å². The van der Waals surface area contributed by atoms with Crippen molar-refractivity contribution >= 4 is 22.8 Å².